The van der Waals surface area contributed by atoms with E-state index in [0.29, 0.717) is 12.6 Å². The summed E-state index contributed by atoms with van der Waals surface area (Å²) in [5, 5.41) is 0. The topological polar surface area (TPSA) is 28.0 Å². The molecule has 1 aliphatic heterocycles. The van der Waals surface area contributed by atoms with Crippen LogP contribution in [-0.4, -0.2) is 30.8 Å². The largest absolute Gasteiger partial charge is 0.324 e. The number of rotatable bonds is 1. The van der Waals surface area contributed by atoms with Gasteiger partial charge in [0.05, 0.1) is 6.34 Å². The summed E-state index contributed by atoms with van der Waals surface area (Å²) in [5.41, 5.74) is 0. The van der Waals surface area contributed by atoms with E-state index in [1.54, 1.807) is 0 Å². The third-order valence-electron chi connectivity index (χ3n) is 1.45. The molecule has 0 aromatic carbocycles. The molecule has 0 spiro atoms. The molecule has 0 aliphatic carbocycles. The lowest BCUT2D eigenvalue weighted by atomic mass is 10.2. The number of aliphatic imine (C=N–C) groups is 2. The maximum atomic E-state index is 4.25. The Hall–Kier alpha value is -0.860. The third-order valence-corrected chi connectivity index (χ3v) is 1.45. The maximum Gasteiger partial charge on any atom is 0.133 e. The van der Waals surface area contributed by atoms with Gasteiger partial charge in [-0.1, -0.05) is 27.7 Å². The van der Waals surface area contributed by atoms with Crippen LogP contribution in [0.3, 0.4) is 0 Å². The van der Waals surface area contributed by atoms with Gasteiger partial charge in [0.25, 0.3) is 0 Å². The van der Waals surface area contributed by atoms with E-state index in [9.17, 15) is 0 Å². The number of nitrogens with zero attached hydrogens (tertiary/aromatic N) is 3. The van der Waals surface area contributed by atoms with E-state index >= 15 is 0 Å². The van der Waals surface area contributed by atoms with Crippen LogP contribution in [0.25, 0.3) is 0 Å². The van der Waals surface area contributed by atoms with Gasteiger partial charge in [0.1, 0.15) is 12.5 Å². The zero-order valence-corrected chi connectivity index (χ0v) is 8.70. The lowest BCUT2D eigenvalue weighted by Crippen LogP contribution is -2.32. The van der Waals surface area contributed by atoms with E-state index in [1.807, 2.05) is 32.1 Å². The van der Waals surface area contributed by atoms with E-state index < -0.39 is 0 Å². The van der Waals surface area contributed by atoms with Crippen LogP contribution in [0.5, 0.6) is 0 Å². The molecule has 1 aliphatic rings. The van der Waals surface area contributed by atoms with Crippen LogP contribution in [0, 0.1) is 5.92 Å². The van der Waals surface area contributed by atoms with Crippen molar-refractivity contribution >= 4 is 12.2 Å². The Morgan fingerprint density at radius 3 is 2.33 bits per heavy atom. The molecule has 3 nitrogen and oxygen atoms in total. The number of hydrogen-bond donors (Lipinski definition) is 0. The highest BCUT2D eigenvalue weighted by atomic mass is 15.2. The molecule has 0 fully saturated rings. The van der Waals surface area contributed by atoms with Gasteiger partial charge in [-0.15, -0.1) is 0 Å². The Balaban J connectivity index is 0.000000561. The Morgan fingerprint density at radius 2 is 2.00 bits per heavy atom. The molecule has 0 radical (unpaired) electrons. The van der Waals surface area contributed by atoms with E-state index in [-0.39, 0.29) is 0 Å². The first-order chi connectivity index (χ1) is 5.72. The van der Waals surface area contributed by atoms with Crippen molar-refractivity contribution in [3.05, 3.63) is 0 Å². The summed E-state index contributed by atoms with van der Waals surface area (Å²) in [6.07, 6.45) is 1.82. The van der Waals surface area contributed by atoms with Gasteiger partial charge in [-0.05, 0) is 0 Å². The van der Waals surface area contributed by atoms with Crippen LogP contribution in [-0.2, 0) is 0 Å². The number of hydrogen-bond acceptors (Lipinski definition) is 3. The number of amidine groups is 1. The summed E-state index contributed by atoms with van der Waals surface area (Å²) in [5.74, 6) is 1.62. The van der Waals surface area contributed by atoms with E-state index in [4.69, 9.17) is 0 Å². The van der Waals surface area contributed by atoms with E-state index in [2.05, 4.69) is 23.8 Å². The van der Waals surface area contributed by atoms with Crippen molar-refractivity contribution in [1.82, 2.24) is 4.90 Å². The first-order valence-electron chi connectivity index (χ1n) is 4.49. The van der Waals surface area contributed by atoms with Crippen molar-refractivity contribution in [3.63, 3.8) is 0 Å². The fraction of sp³-hybridized carbons (Fsp3) is 0.778. The van der Waals surface area contributed by atoms with Gasteiger partial charge in [-0.2, -0.15) is 0 Å². The monoisotopic (exact) mass is 169 g/mol. The maximum absolute atomic E-state index is 4.25. The molecule has 0 saturated heterocycles. The standard InChI is InChI=1S/C7H13N3.C2H6/c1-6(2)7-9-4-8-5-10(7)3;1-2/h5-6H,4H2,1-3H3;1-2H3. The molecule has 1 heterocycles. The molecule has 12 heavy (non-hydrogen) atoms. The summed E-state index contributed by atoms with van der Waals surface area (Å²) in [4.78, 5) is 10.2. The van der Waals surface area contributed by atoms with Gasteiger partial charge >= 0.3 is 0 Å². The lowest BCUT2D eigenvalue weighted by molar-refractivity contribution is 0.660. The van der Waals surface area contributed by atoms with Crippen LogP contribution in [0.1, 0.15) is 27.7 Å². The van der Waals surface area contributed by atoms with E-state index in [1.165, 1.54) is 0 Å². The molecule has 0 N–H and O–H groups in total. The minimum Gasteiger partial charge on any atom is -0.324 e. The molecule has 1 rings (SSSR count). The molecular formula is C9H19N3. The van der Waals surface area contributed by atoms with Gasteiger partial charge in [0.15, 0.2) is 0 Å². The predicted molar refractivity (Wildman–Crippen MR) is 54.7 cm³/mol. The van der Waals surface area contributed by atoms with E-state index in [0.717, 1.165) is 5.84 Å². The summed E-state index contributed by atoms with van der Waals surface area (Å²) in [7, 11) is 1.97. The van der Waals surface area contributed by atoms with Gasteiger partial charge < -0.3 is 4.90 Å². The summed E-state index contributed by atoms with van der Waals surface area (Å²) in [6, 6.07) is 0. The summed E-state index contributed by atoms with van der Waals surface area (Å²) >= 11 is 0. The van der Waals surface area contributed by atoms with Crippen LogP contribution in [0.2, 0.25) is 0 Å². The Kier molecular flexibility index (Phi) is 5.34. The van der Waals surface area contributed by atoms with Crippen LogP contribution in [0.4, 0.5) is 0 Å². The zero-order chi connectivity index (χ0) is 9.56. The second-order valence-electron chi connectivity index (χ2n) is 2.72. The van der Waals surface area contributed by atoms with Gasteiger partial charge in [-0.25, -0.2) is 4.99 Å². The van der Waals surface area contributed by atoms with Crippen LogP contribution in [0.15, 0.2) is 9.98 Å². The SMILES string of the molecule is CC.CC(C)C1=NCN=CN1C. The zero-order valence-electron chi connectivity index (χ0n) is 8.70. The average molecular weight is 169 g/mol. The molecule has 0 amide bonds. The highest BCUT2D eigenvalue weighted by molar-refractivity contribution is 5.93. The average Bonchev–Trinajstić information content (AvgIpc) is 2.08. The van der Waals surface area contributed by atoms with Crippen molar-refractivity contribution in [2.75, 3.05) is 13.7 Å². The molecule has 3 heteroatoms. The molecule has 0 aromatic rings. The molecule has 0 saturated carbocycles. The van der Waals surface area contributed by atoms with Gasteiger partial charge in [0, 0.05) is 13.0 Å². The molecule has 70 valence electrons. The Morgan fingerprint density at radius 1 is 1.42 bits per heavy atom. The van der Waals surface area contributed by atoms with Crippen molar-refractivity contribution in [1.29, 1.82) is 0 Å². The molecule has 0 unspecified atom stereocenters. The van der Waals surface area contributed by atoms with Crippen molar-refractivity contribution in [2.45, 2.75) is 27.7 Å². The van der Waals surface area contributed by atoms with Crippen molar-refractivity contribution in [3.8, 4) is 0 Å². The summed E-state index contributed by atoms with van der Waals surface area (Å²) in [6.45, 7) is 8.86. The Labute approximate surface area is 75.2 Å². The fourth-order valence-corrected chi connectivity index (χ4v) is 1.03. The summed E-state index contributed by atoms with van der Waals surface area (Å²) < 4.78 is 0. The van der Waals surface area contributed by atoms with Crippen molar-refractivity contribution in [2.24, 2.45) is 15.9 Å². The molecule has 0 bridgehead atoms. The lowest BCUT2D eigenvalue weighted by Gasteiger charge is -2.21. The van der Waals surface area contributed by atoms with Crippen LogP contribution >= 0.6 is 0 Å². The fourth-order valence-electron chi connectivity index (χ4n) is 1.03. The minimum absolute atomic E-state index is 0.497. The first kappa shape index (κ1) is 11.1. The molecule has 0 atom stereocenters. The minimum atomic E-state index is 0.497. The van der Waals surface area contributed by atoms with Gasteiger partial charge in [0.2, 0.25) is 0 Å². The Bertz CT molecular complexity index is 171. The van der Waals surface area contributed by atoms with Crippen molar-refractivity contribution < 1.29 is 0 Å². The highest BCUT2D eigenvalue weighted by Crippen LogP contribution is 2.03. The third kappa shape index (κ3) is 3.03. The second-order valence-corrected chi connectivity index (χ2v) is 2.72. The normalized spacial score (nSPS) is 15.5. The highest BCUT2D eigenvalue weighted by Gasteiger charge is 2.10. The van der Waals surface area contributed by atoms with Crippen LogP contribution < -0.4 is 0 Å². The quantitative estimate of drug-likeness (QED) is 0.590. The molecule has 0 aromatic heterocycles. The second kappa shape index (κ2) is 5.75. The van der Waals surface area contributed by atoms with Gasteiger partial charge in [-0.3, -0.25) is 4.99 Å². The smallest absolute Gasteiger partial charge is 0.133 e. The first-order valence-corrected chi connectivity index (χ1v) is 4.49. The molecular weight excluding hydrogens is 150 g/mol. The predicted octanol–water partition coefficient (Wildman–Crippen LogP) is 2.00.